The van der Waals surface area contributed by atoms with Gasteiger partial charge in [-0.15, -0.1) is 0 Å². The van der Waals surface area contributed by atoms with Gasteiger partial charge in [0.15, 0.2) is 5.76 Å². The molecule has 0 radical (unpaired) electrons. The first-order chi connectivity index (χ1) is 9.19. The predicted molar refractivity (Wildman–Crippen MR) is 68.6 cm³/mol. The van der Waals surface area contributed by atoms with Gasteiger partial charge in [0.2, 0.25) is 0 Å². The number of aromatic nitrogens is 1. The van der Waals surface area contributed by atoms with Crippen LogP contribution in [0, 0.1) is 0 Å². The van der Waals surface area contributed by atoms with Crippen LogP contribution in [0.4, 0.5) is 0 Å². The van der Waals surface area contributed by atoms with Gasteiger partial charge in [-0.2, -0.15) is 0 Å². The Morgan fingerprint density at radius 3 is 2.63 bits per heavy atom. The van der Waals surface area contributed by atoms with Crippen molar-refractivity contribution in [3.05, 3.63) is 47.3 Å². The van der Waals surface area contributed by atoms with Crippen LogP contribution in [0.5, 0.6) is 5.75 Å². The molecule has 2 rings (SSSR count). The second-order valence-electron chi connectivity index (χ2n) is 4.25. The standard InChI is InChI=1S/C14H17NO4/c1-10(16)11-3-5-13(6-4-11)18-8-12-7-14(9-17-2)19-15-12/h3-7,10,16H,8-9H2,1-2H3/t10-/m0/s1. The minimum absolute atomic E-state index is 0.335. The molecule has 102 valence electrons. The zero-order valence-corrected chi connectivity index (χ0v) is 11.0. The van der Waals surface area contributed by atoms with Gasteiger partial charge in [-0.1, -0.05) is 17.3 Å². The van der Waals surface area contributed by atoms with Crippen LogP contribution in [0.25, 0.3) is 0 Å². The van der Waals surface area contributed by atoms with Crippen LogP contribution in [0.1, 0.15) is 30.0 Å². The molecule has 1 heterocycles. The number of hydrogen-bond acceptors (Lipinski definition) is 5. The first-order valence-corrected chi connectivity index (χ1v) is 6.03. The summed E-state index contributed by atoms with van der Waals surface area (Å²) in [5, 5.41) is 13.3. The van der Waals surface area contributed by atoms with Crippen molar-refractivity contribution in [2.45, 2.75) is 26.2 Å². The largest absolute Gasteiger partial charge is 0.487 e. The third-order valence-corrected chi connectivity index (χ3v) is 2.64. The highest BCUT2D eigenvalue weighted by atomic mass is 16.5. The third-order valence-electron chi connectivity index (χ3n) is 2.64. The SMILES string of the molecule is COCc1cc(COc2ccc([C@H](C)O)cc2)no1. The molecule has 0 saturated carbocycles. The van der Waals surface area contributed by atoms with E-state index >= 15 is 0 Å². The van der Waals surface area contributed by atoms with E-state index in [2.05, 4.69) is 5.16 Å². The van der Waals surface area contributed by atoms with Crippen LogP contribution in [-0.2, 0) is 18.0 Å². The first-order valence-electron chi connectivity index (χ1n) is 6.03. The number of rotatable bonds is 6. The van der Waals surface area contributed by atoms with Crippen molar-refractivity contribution in [3.8, 4) is 5.75 Å². The van der Waals surface area contributed by atoms with E-state index < -0.39 is 6.10 Å². The van der Waals surface area contributed by atoms with Crippen LogP contribution in [0.2, 0.25) is 0 Å². The van der Waals surface area contributed by atoms with Crippen molar-refractivity contribution in [2.24, 2.45) is 0 Å². The van der Waals surface area contributed by atoms with Gasteiger partial charge in [-0.05, 0) is 24.6 Å². The maximum Gasteiger partial charge on any atom is 0.162 e. The third kappa shape index (κ3) is 3.81. The quantitative estimate of drug-likeness (QED) is 0.867. The minimum Gasteiger partial charge on any atom is -0.487 e. The van der Waals surface area contributed by atoms with Crippen molar-refractivity contribution < 1.29 is 19.1 Å². The molecule has 0 saturated heterocycles. The Kier molecular flexibility index (Phi) is 4.54. The second-order valence-corrected chi connectivity index (χ2v) is 4.25. The lowest BCUT2D eigenvalue weighted by Crippen LogP contribution is -1.96. The molecule has 0 fully saturated rings. The molecule has 0 spiro atoms. The van der Waals surface area contributed by atoms with Crippen molar-refractivity contribution in [2.75, 3.05) is 7.11 Å². The van der Waals surface area contributed by atoms with E-state index in [4.69, 9.17) is 14.0 Å². The van der Waals surface area contributed by atoms with Gasteiger partial charge in [0.1, 0.15) is 24.7 Å². The number of aliphatic hydroxyl groups excluding tert-OH is 1. The van der Waals surface area contributed by atoms with E-state index in [0.717, 1.165) is 11.3 Å². The van der Waals surface area contributed by atoms with Crippen LogP contribution >= 0.6 is 0 Å². The fourth-order valence-electron chi connectivity index (χ4n) is 1.63. The number of hydrogen-bond donors (Lipinski definition) is 1. The molecule has 1 aromatic heterocycles. The average molecular weight is 263 g/mol. The van der Waals surface area contributed by atoms with E-state index in [9.17, 15) is 5.11 Å². The van der Waals surface area contributed by atoms with Gasteiger partial charge in [0.05, 0.1) is 6.10 Å². The normalized spacial score (nSPS) is 12.4. The minimum atomic E-state index is -0.471. The Morgan fingerprint density at radius 2 is 2.00 bits per heavy atom. The van der Waals surface area contributed by atoms with Crippen molar-refractivity contribution >= 4 is 0 Å². The van der Waals surface area contributed by atoms with E-state index in [-0.39, 0.29) is 0 Å². The number of aliphatic hydroxyl groups is 1. The molecule has 5 heteroatoms. The molecule has 0 bridgehead atoms. The maximum absolute atomic E-state index is 9.40. The molecule has 1 atom stereocenters. The summed E-state index contributed by atoms with van der Waals surface area (Å²) in [7, 11) is 1.60. The average Bonchev–Trinajstić information content (AvgIpc) is 2.85. The monoisotopic (exact) mass is 263 g/mol. The van der Waals surface area contributed by atoms with Gasteiger partial charge < -0.3 is 19.1 Å². The maximum atomic E-state index is 9.40. The van der Waals surface area contributed by atoms with Gasteiger partial charge in [-0.3, -0.25) is 0 Å². The smallest absolute Gasteiger partial charge is 0.162 e. The molecule has 0 aliphatic heterocycles. The fraction of sp³-hybridized carbons (Fsp3) is 0.357. The molecular weight excluding hydrogens is 246 g/mol. The Labute approximate surface area is 111 Å². The Morgan fingerprint density at radius 1 is 1.26 bits per heavy atom. The molecule has 0 unspecified atom stereocenters. The van der Waals surface area contributed by atoms with Crippen LogP contribution in [0.15, 0.2) is 34.9 Å². The first kappa shape index (κ1) is 13.6. The Hall–Kier alpha value is -1.85. The van der Waals surface area contributed by atoms with E-state index in [1.54, 1.807) is 20.1 Å². The van der Waals surface area contributed by atoms with E-state index in [1.165, 1.54) is 0 Å². The van der Waals surface area contributed by atoms with E-state index in [1.807, 2.05) is 24.3 Å². The zero-order valence-electron chi connectivity index (χ0n) is 11.0. The molecule has 0 aliphatic rings. The highest BCUT2D eigenvalue weighted by Gasteiger charge is 2.05. The summed E-state index contributed by atoms with van der Waals surface area (Å²) in [6, 6.07) is 9.10. The van der Waals surface area contributed by atoms with Crippen molar-refractivity contribution in [3.63, 3.8) is 0 Å². The van der Waals surface area contributed by atoms with Gasteiger partial charge in [-0.25, -0.2) is 0 Å². The number of nitrogens with zero attached hydrogens (tertiary/aromatic N) is 1. The van der Waals surface area contributed by atoms with E-state index in [0.29, 0.717) is 24.7 Å². The molecule has 0 amide bonds. The molecule has 5 nitrogen and oxygen atoms in total. The number of benzene rings is 1. The lowest BCUT2D eigenvalue weighted by molar-refractivity contribution is 0.155. The second kappa shape index (κ2) is 6.36. The zero-order chi connectivity index (χ0) is 13.7. The van der Waals surface area contributed by atoms with Crippen molar-refractivity contribution in [1.29, 1.82) is 0 Å². The molecule has 2 aromatic rings. The van der Waals surface area contributed by atoms with Gasteiger partial charge in [0.25, 0.3) is 0 Å². The highest BCUT2D eigenvalue weighted by molar-refractivity contribution is 5.28. The number of methoxy groups -OCH3 is 1. The summed E-state index contributed by atoms with van der Waals surface area (Å²) in [6.07, 6.45) is -0.471. The van der Waals surface area contributed by atoms with Crippen LogP contribution in [0.3, 0.4) is 0 Å². The highest BCUT2D eigenvalue weighted by Crippen LogP contribution is 2.18. The summed E-state index contributed by atoms with van der Waals surface area (Å²) < 4.78 is 15.6. The van der Waals surface area contributed by atoms with Crippen LogP contribution < -0.4 is 4.74 Å². The summed E-state index contributed by atoms with van der Waals surface area (Å²) in [6.45, 7) is 2.46. The molecule has 0 aliphatic carbocycles. The van der Waals surface area contributed by atoms with Crippen LogP contribution in [-0.4, -0.2) is 17.4 Å². The summed E-state index contributed by atoms with van der Waals surface area (Å²) in [4.78, 5) is 0. The topological polar surface area (TPSA) is 64.7 Å². The van der Waals surface area contributed by atoms with Crippen molar-refractivity contribution in [1.82, 2.24) is 5.16 Å². The predicted octanol–water partition coefficient (Wildman–Crippen LogP) is 2.45. The Bertz CT molecular complexity index is 504. The Balaban J connectivity index is 1.90. The molecular formula is C14H17NO4. The summed E-state index contributed by atoms with van der Waals surface area (Å²) in [5.41, 5.74) is 1.57. The molecule has 1 aromatic carbocycles. The lowest BCUT2D eigenvalue weighted by atomic mass is 10.1. The number of ether oxygens (including phenoxy) is 2. The van der Waals surface area contributed by atoms with Gasteiger partial charge >= 0.3 is 0 Å². The van der Waals surface area contributed by atoms with Gasteiger partial charge in [0, 0.05) is 13.2 Å². The molecule has 1 N–H and O–H groups in total. The summed E-state index contributed by atoms with van der Waals surface area (Å²) in [5.74, 6) is 1.39. The fourth-order valence-corrected chi connectivity index (χ4v) is 1.63. The molecule has 19 heavy (non-hydrogen) atoms. The summed E-state index contributed by atoms with van der Waals surface area (Å²) >= 11 is 0. The lowest BCUT2D eigenvalue weighted by Gasteiger charge is -2.07.